The third-order valence-corrected chi connectivity index (χ3v) is 7.94. The maximum Gasteiger partial charge on any atom is 0.293 e. The van der Waals surface area contributed by atoms with Crippen LogP contribution in [0.5, 0.6) is 0 Å². The minimum atomic E-state index is -3.52. The molecule has 198 valence electrons. The number of amides is 1. The summed E-state index contributed by atoms with van der Waals surface area (Å²) < 4.78 is 87.8. The van der Waals surface area contributed by atoms with Crippen LogP contribution < -0.4 is 5.73 Å². The lowest BCUT2D eigenvalue weighted by Gasteiger charge is -2.28. The number of H-pyrrole nitrogens is 1. The standard InChI is InChI=1S/C25H18BrF6N5O/c26-15-8-17-16(1-2-34-17)35-19(15)13(5-9-3-10(27)6-11(28)4-9)21(24(33)38)37-22-18(20(36-37)23(29)30)12-7-14(12)25(22,31)32/h1-4,6,8,12-14,21,23,34H,5,7H2,(H2,33,38)/t12-,13-,14+,21?/m0/s1. The van der Waals surface area contributed by atoms with E-state index in [0.717, 1.165) is 12.1 Å². The molecule has 1 aromatic carbocycles. The highest BCUT2D eigenvalue weighted by Crippen LogP contribution is 2.68. The number of nitrogens with zero attached hydrogens (tertiary/aromatic N) is 3. The molecule has 38 heavy (non-hydrogen) atoms. The first-order valence-electron chi connectivity index (χ1n) is 11.6. The van der Waals surface area contributed by atoms with Crippen molar-refractivity contribution in [2.75, 3.05) is 0 Å². The molecule has 3 aromatic heterocycles. The highest BCUT2D eigenvalue weighted by Gasteiger charge is 2.67. The van der Waals surface area contributed by atoms with Crippen molar-refractivity contribution in [1.82, 2.24) is 19.7 Å². The molecule has 6 rings (SSSR count). The molecule has 2 aliphatic rings. The second-order valence-corrected chi connectivity index (χ2v) is 10.5. The van der Waals surface area contributed by atoms with Gasteiger partial charge in [-0.05, 0) is 64.5 Å². The van der Waals surface area contributed by atoms with Crippen LogP contribution in [0, 0.1) is 17.6 Å². The van der Waals surface area contributed by atoms with Crippen LogP contribution in [0.25, 0.3) is 11.0 Å². The van der Waals surface area contributed by atoms with Gasteiger partial charge in [0.05, 0.1) is 16.7 Å². The van der Waals surface area contributed by atoms with E-state index in [2.05, 4.69) is 31.0 Å². The van der Waals surface area contributed by atoms with Crippen LogP contribution in [0.3, 0.4) is 0 Å². The van der Waals surface area contributed by atoms with Gasteiger partial charge in [0.15, 0.2) is 0 Å². The van der Waals surface area contributed by atoms with Crippen LogP contribution in [0.1, 0.15) is 58.9 Å². The highest BCUT2D eigenvalue weighted by atomic mass is 79.9. The van der Waals surface area contributed by atoms with Crippen molar-refractivity contribution in [1.29, 1.82) is 0 Å². The van der Waals surface area contributed by atoms with Gasteiger partial charge in [-0.1, -0.05) is 0 Å². The van der Waals surface area contributed by atoms with Crippen molar-refractivity contribution in [2.24, 2.45) is 11.7 Å². The van der Waals surface area contributed by atoms with Gasteiger partial charge in [0.25, 0.3) is 12.3 Å². The number of nitrogens with one attached hydrogen (secondary N) is 1. The largest absolute Gasteiger partial charge is 0.368 e. The lowest BCUT2D eigenvalue weighted by Crippen LogP contribution is -2.36. The van der Waals surface area contributed by atoms with Crippen molar-refractivity contribution in [3.8, 4) is 0 Å². The van der Waals surface area contributed by atoms with Crippen LogP contribution in [0.4, 0.5) is 26.3 Å². The molecule has 1 saturated carbocycles. The maximum atomic E-state index is 15.4. The number of rotatable bonds is 7. The van der Waals surface area contributed by atoms with Crippen LogP contribution in [-0.4, -0.2) is 25.7 Å². The number of nitrogens with two attached hydrogens (primary N) is 1. The monoisotopic (exact) mass is 597 g/mol. The number of aromatic amines is 1. The molecule has 6 nitrogen and oxygen atoms in total. The Morgan fingerprint density at radius 3 is 2.55 bits per heavy atom. The molecule has 3 heterocycles. The number of alkyl halides is 4. The van der Waals surface area contributed by atoms with E-state index in [1.165, 1.54) is 0 Å². The lowest BCUT2D eigenvalue weighted by molar-refractivity contribution is -0.122. The Bertz CT molecular complexity index is 1580. The zero-order valence-electron chi connectivity index (χ0n) is 19.2. The quantitative estimate of drug-likeness (QED) is 0.256. The van der Waals surface area contributed by atoms with E-state index in [1.807, 2.05) is 0 Å². The molecule has 1 fully saturated rings. The summed E-state index contributed by atoms with van der Waals surface area (Å²) in [6.07, 6.45) is -1.81. The summed E-state index contributed by atoms with van der Waals surface area (Å²) in [4.78, 5) is 20.5. The first-order valence-corrected chi connectivity index (χ1v) is 12.4. The number of halogens is 7. The molecule has 1 unspecified atom stereocenters. The second kappa shape index (κ2) is 8.58. The maximum absolute atomic E-state index is 15.4. The van der Waals surface area contributed by atoms with E-state index in [1.54, 1.807) is 18.3 Å². The van der Waals surface area contributed by atoms with E-state index >= 15 is 8.78 Å². The van der Waals surface area contributed by atoms with Gasteiger partial charge in [-0.2, -0.15) is 13.9 Å². The van der Waals surface area contributed by atoms with E-state index in [0.29, 0.717) is 26.3 Å². The molecule has 0 aliphatic heterocycles. The zero-order chi connectivity index (χ0) is 27.1. The van der Waals surface area contributed by atoms with Gasteiger partial charge in [0, 0.05) is 34.1 Å². The summed E-state index contributed by atoms with van der Waals surface area (Å²) in [7, 11) is 0. The van der Waals surface area contributed by atoms with E-state index in [9.17, 15) is 22.4 Å². The van der Waals surface area contributed by atoms with Crippen molar-refractivity contribution in [3.63, 3.8) is 0 Å². The Morgan fingerprint density at radius 2 is 1.89 bits per heavy atom. The Balaban J connectivity index is 1.58. The molecule has 0 spiro atoms. The van der Waals surface area contributed by atoms with Gasteiger partial charge >= 0.3 is 0 Å². The summed E-state index contributed by atoms with van der Waals surface area (Å²) in [5.74, 6) is -9.61. The number of hydrogen-bond donors (Lipinski definition) is 2. The Morgan fingerprint density at radius 1 is 1.18 bits per heavy atom. The summed E-state index contributed by atoms with van der Waals surface area (Å²) in [6, 6.07) is 4.25. The summed E-state index contributed by atoms with van der Waals surface area (Å²) >= 11 is 3.38. The van der Waals surface area contributed by atoms with E-state index in [-0.39, 0.29) is 29.7 Å². The Labute approximate surface area is 219 Å². The molecule has 4 atom stereocenters. The van der Waals surface area contributed by atoms with Crippen LogP contribution >= 0.6 is 15.9 Å². The molecular formula is C25H18BrF6N5O. The number of pyridine rings is 1. The van der Waals surface area contributed by atoms with Gasteiger partial charge in [-0.25, -0.2) is 27.2 Å². The number of aromatic nitrogens is 4. The molecule has 2 aliphatic carbocycles. The third-order valence-electron chi connectivity index (χ3n) is 7.30. The lowest BCUT2D eigenvalue weighted by atomic mass is 9.87. The molecule has 3 N–H and O–H groups in total. The molecule has 1 amide bonds. The molecule has 4 aromatic rings. The van der Waals surface area contributed by atoms with Gasteiger partial charge in [0.1, 0.15) is 29.1 Å². The number of fused-ring (bicyclic) bond motifs is 4. The molecule has 0 radical (unpaired) electrons. The molecule has 0 saturated heterocycles. The first kappa shape index (κ1) is 25.0. The fourth-order valence-corrected chi connectivity index (χ4v) is 6.29. The topological polar surface area (TPSA) is 89.6 Å². The first-order chi connectivity index (χ1) is 18.0. The SMILES string of the molecule is NC(=O)C([C@@H](Cc1cc(F)cc(F)c1)c1nc2cc[nH]c2cc1Br)n1nc(C(F)F)c2c1C(F)(F)[C@@H]1C[C@H]21. The van der Waals surface area contributed by atoms with Crippen LogP contribution in [0.2, 0.25) is 0 Å². The number of hydrogen-bond acceptors (Lipinski definition) is 3. The second-order valence-electron chi connectivity index (χ2n) is 9.67. The normalized spacial score (nSPS) is 20.9. The number of carbonyl (C=O) groups excluding carboxylic acids is 1. The summed E-state index contributed by atoms with van der Waals surface area (Å²) in [6.45, 7) is 0. The van der Waals surface area contributed by atoms with Crippen molar-refractivity contribution in [2.45, 2.75) is 43.1 Å². The van der Waals surface area contributed by atoms with E-state index in [4.69, 9.17) is 5.73 Å². The van der Waals surface area contributed by atoms with Crippen molar-refractivity contribution < 1.29 is 31.1 Å². The van der Waals surface area contributed by atoms with Gasteiger partial charge in [-0.3, -0.25) is 4.79 Å². The van der Waals surface area contributed by atoms with Gasteiger partial charge in [0.2, 0.25) is 5.91 Å². The van der Waals surface area contributed by atoms with Gasteiger partial charge in [-0.15, -0.1) is 0 Å². The average molecular weight is 598 g/mol. The minimum Gasteiger partial charge on any atom is -0.368 e. The number of carbonyl (C=O) groups is 1. The molecule has 13 heteroatoms. The summed E-state index contributed by atoms with van der Waals surface area (Å²) in [5.41, 5.74) is 5.19. The predicted octanol–water partition coefficient (Wildman–Crippen LogP) is 6.00. The zero-order valence-corrected chi connectivity index (χ0v) is 20.8. The average Bonchev–Trinajstić information content (AvgIpc) is 3.22. The van der Waals surface area contributed by atoms with Crippen molar-refractivity contribution >= 4 is 32.9 Å². The fourth-order valence-electron chi connectivity index (χ4n) is 5.68. The smallest absolute Gasteiger partial charge is 0.293 e. The minimum absolute atomic E-state index is 0.0376. The van der Waals surface area contributed by atoms with Crippen molar-refractivity contribution in [3.05, 3.63) is 80.8 Å². The van der Waals surface area contributed by atoms with Crippen LogP contribution in [0.15, 0.2) is 41.0 Å². The Kier molecular flexibility index (Phi) is 5.64. The van der Waals surface area contributed by atoms with E-state index < -0.39 is 65.1 Å². The number of primary amides is 1. The molecule has 0 bridgehead atoms. The van der Waals surface area contributed by atoms with Crippen LogP contribution in [-0.2, 0) is 17.1 Å². The third kappa shape index (κ3) is 3.81. The number of benzene rings is 1. The van der Waals surface area contributed by atoms with Gasteiger partial charge < -0.3 is 10.7 Å². The summed E-state index contributed by atoms with van der Waals surface area (Å²) in [5, 5.41) is 3.82. The Hall–Kier alpha value is -3.35. The fraction of sp³-hybridized carbons (Fsp3) is 0.320. The highest BCUT2D eigenvalue weighted by molar-refractivity contribution is 9.10. The molecular weight excluding hydrogens is 580 g/mol. The predicted molar refractivity (Wildman–Crippen MR) is 127 cm³/mol.